The number of aliphatic hydroxyl groups excluding tert-OH is 1. The summed E-state index contributed by atoms with van der Waals surface area (Å²) in [6.07, 6.45) is 0.265. The zero-order chi connectivity index (χ0) is 17.1. The van der Waals surface area contributed by atoms with Crippen molar-refractivity contribution in [3.63, 3.8) is 0 Å². The lowest BCUT2D eigenvalue weighted by molar-refractivity contribution is -0.152. The molecular formula is C18H23NO5. The molecule has 0 radical (unpaired) electrons. The number of ether oxygens (including phenoxy) is 2. The number of rotatable bonds is 3. The molecule has 3 rings (SSSR count). The molecule has 1 aromatic carbocycles. The van der Waals surface area contributed by atoms with Gasteiger partial charge in [-0.15, -0.1) is 0 Å². The van der Waals surface area contributed by atoms with Crippen LogP contribution < -0.4 is 0 Å². The summed E-state index contributed by atoms with van der Waals surface area (Å²) in [6.45, 7) is 1.07. The van der Waals surface area contributed by atoms with Crippen molar-refractivity contribution in [2.75, 3.05) is 20.2 Å². The van der Waals surface area contributed by atoms with E-state index >= 15 is 0 Å². The minimum absolute atomic E-state index is 0.106. The molecule has 2 bridgehead atoms. The summed E-state index contributed by atoms with van der Waals surface area (Å²) < 4.78 is 10.2. The van der Waals surface area contributed by atoms with Crippen LogP contribution in [-0.2, 0) is 20.9 Å². The van der Waals surface area contributed by atoms with E-state index in [-0.39, 0.29) is 36.4 Å². The molecule has 1 heterocycles. The van der Waals surface area contributed by atoms with Crippen LogP contribution >= 0.6 is 0 Å². The fraction of sp³-hybridized carbons (Fsp3) is 0.556. The average molecular weight is 333 g/mol. The van der Waals surface area contributed by atoms with Crippen molar-refractivity contribution in [1.82, 2.24) is 4.90 Å². The van der Waals surface area contributed by atoms with Crippen LogP contribution in [0.4, 0.5) is 4.79 Å². The Morgan fingerprint density at radius 2 is 1.79 bits per heavy atom. The Hall–Kier alpha value is -2.08. The summed E-state index contributed by atoms with van der Waals surface area (Å²) in [4.78, 5) is 25.7. The maximum Gasteiger partial charge on any atom is 0.410 e. The lowest BCUT2D eigenvalue weighted by Gasteiger charge is -2.46. The van der Waals surface area contributed by atoms with Gasteiger partial charge in [0.1, 0.15) is 6.61 Å². The van der Waals surface area contributed by atoms with Gasteiger partial charge in [-0.3, -0.25) is 4.79 Å². The van der Waals surface area contributed by atoms with Crippen LogP contribution in [0.1, 0.15) is 18.4 Å². The van der Waals surface area contributed by atoms with Gasteiger partial charge in [0, 0.05) is 24.9 Å². The Morgan fingerprint density at radius 3 is 2.38 bits per heavy atom. The monoisotopic (exact) mass is 333 g/mol. The number of benzene rings is 1. The standard InChI is InChI=1S/C18H23NO5/c1-23-17(21)13-7-14-9-19(10-15(8-13)16(14)20)18(22)24-11-12-5-3-2-4-6-12/h2-6,13-16,20H,7-11H2,1H3. The Kier molecular flexibility index (Phi) is 5.04. The first-order valence-corrected chi connectivity index (χ1v) is 8.30. The predicted octanol–water partition coefficient (Wildman–Crippen LogP) is 1.82. The topological polar surface area (TPSA) is 76.1 Å². The van der Waals surface area contributed by atoms with Gasteiger partial charge in [-0.1, -0.05) is 30.3 Å². The number of hydrogen-bond donors (Lipinski definition) is 1. The van der Waals surface area contributed by atoms with Crippen molar-refractivity contribution >= 4 is 12.1 Å². The van der Waals surface area contributed by atoms with Crippen LogP contribution in [0.25, 0.3) is 0 Å². The second-order valence-corrected chi connectivity index (χ2v) is 6.65. The smallest absolute Gasteiger partial charge is 0.410 e. The van der Waals surface area contributed by atoms with E-state index in [1.54, 1.807) is 4.90 Å². The first-order valence-electron chi connectivity index (χ1n) is 8.30. The molecule has 6 nitrogen and oxygen atoms in total. The van der Waals surface area contributed by atoms with Crippen LogP contribution in [0.15, 0.2) is 30.3 Å². The Balaban J connectivity index is 1.57. The predicted molar refractivity (Wildman–Crippen MR) is 85.9 cm³/mol. The molecule has 0 aromatic heterocycles. The quantitative estimate of drug-likeness (QED) is 0.854. The van der Waals surface area contributed by atoms with Crippen molar-refractivity contribution < 1.29 is 24.2 Å². The van der Waals surface area contributed by atoms with Crippen molar-refractivity contribution in [3.8, 4) is 0 Å². The Bertz CT molecular complexity index is 574. The third-order valence-corrected chi connectivity index (χ3v) is 5.05. The molecule has 2 unspecified atom stereocenters. The first-order chi connectivity index (χ1) is 11.6. The van der Waals surface area contributed by atoms with Gasteiger partial charge in [-0.25, -0.2) is 4.79 Å². The van der Waals surface area contributed by atoms with Crippen molar-refractivity contribution in [2.45, 2.75) is 25.6 Å². The van der Waals surface area contributed by atoms with Crippen LogP contribution in [0.2, 0.25) is 0 Å². The molecule has 1 saturated heterocycles. The maximum atomic E-state index is 12.3. The van der Waals surface area contributed by atoms with Gasteiger partial charge >= 0.3 is 12.1 Å². The highest BCUT2D eigenvalue weighted by molar-refractivity contribution is 5.72. The first kappa shape index (κ1) is 16.8. The Labute approximate surface area is 141 Å². The van der Waals surface area contributed by atoms with Crippen LogP contribution in [0, 0.1) is 17.8 Å². The molecular weight excluding hydrogens is 310 g/mol. The summed E-state index contributed by atoms with van der Waals surface area (Å²) in [6, 6.07) is 9.53. The van der Waals surface area contributed by atoms with E-state index in [2.05, 4.69) is 0 Å². The zero-order valence-corrected chi connectivity index (χ0v) is 13.8. The van der Waals surface area contributed by atoms with Gasteiger partial charge in [-0.2, -0.15) is 0 Å². The molecule has 0 spiro atoms. The normalized spacial score (nSPS) is 29.0. The van der Waals surface area contributed by atoms with Crippen LogP contribution in [0.3, 0.4) is 0 Å². The molecule has 1 aliphatic carbocycles. The molecule has 1 saturated carbocycles. The molecule has 1 amide bonds. The van der Waals surface area contributed by atoms with Gasteiger partial charge in [0.15, 0.2) is 0 Å². The van der Waals surface area contributed by atoms with Crippen LogP contribution in [0.5, 0.6) is 0 Å². The van der Waals surface area contributed by atoms with E-state index in [0.29, 0.717) is 25.9 Å². The number of aliphatic hydroxyl groups is 1. The molecule has 2 aliphatic rings. The number of fused-ring (bicyclic) bond motifs is 2. The number of hydrogen-bond acceptors (Lipinski definition) is 5. The third kappa shape index (κ3) is 3.53. The maximum absolute atomic E-state index is 12.3. The number of amides is 1. The van der Waals surface area contributed by atoms with Gasteiger partial charge < -0.3 is 19.5 Å². The van der Waals surface area contributed by atoms with E-state index in [1.165, 1.54) is 7.11 Å². The summed E-state index contributed by atoms with van der Waals surface area (Å²) in [5.41, 5.74) is 0.939. The highest BCUT2D eigenvalue weighted by Gasteiger charge is 2.45. The summed E-state index contributed by atoms with van der Waals surface area (Å²) in [5, 5.41) is 10.3. The van der Waals surface area contributed by atoms with E-state index in [9.17, 15) is 14.7 Å². The summed E-state index contributed by atoms with van der Waals surface area (Å²) in [5.74, 6) is -0.621. The van der Waals surface area contributed by atoms with E-state index in [4.69, 9.17) is 9.47 Å². The molecule has 1 N–H and O–H groups in total. The van der Waals surface area contributed by atoms with E-state index in [1.807, 2.05) is 30.3 Å². The van der Waals surface area contributed by atoms with Gasteiger partial charge in [-0.05, 0) is 18.4 Å². The zero-order valence-electron chi connectivity index (χ0n) is 13.8. The van der Waals surface area contributed by atoms with Crippen molar-refractivity contribution in [2.24, 2.45) is 17.8 Å². The second-order valence-electron chi connectivity index (χ2n) is 6.65. The molecule has 24 heavy (non-hydrogen) atoms. The van der Waals surface area contributed by atoms with Crippen molar-refractivity contribution in [3.05, 3.63) is 35.9 Å². The highest BCUT2D eigenvalue weighted by atomic mass is 16.6. The molecule has 1 aliphatic heterocycles. The number of methoxy groups -OCH3 is 1. The minimum atomic E-state index is -0.468. The number of piperidine rings is 1. The van der Waals surface area contributed by atoms with E-state index < -0.39 is 6.10 Å². The SMILES string of the molecule is COC(=O)C1CC2CN(C(=O)OCc3ccccc3)CC(C1)C2O. The fourth-order valence-corrected chi connectivity index (χ4v) is 3.82. The number of carbonyl (C=O) groups is 2. The molecule has 2 atom stereocenters. The van der Waals surface area contributed by atoms with Gasteiger partial charge in [0.2, 0.25) is 0 Å². The lowest BCUT2D eigenvalue weighted by atomic mass is 9.70. The minimum Gasteiger partial charge on any atom is -0.469 e. The highest BCUT2D eigenvalue weighted by Crippen LogP contribution is 2.39. The molecule has 1 aromatic rings. The summed E-state index contributed by atoms with van der Waals surface area (Å²) >= 11 is 0. The Morgan fingerprint density at radius 1 is 1.17 bits per heavy atom. The van der Waals surface area contributed by atoms with Gasteiger partial charge in [0.25, 0.3) is 0 Å². The van der Waals surface area contributed by atoms with Crippen molar-refractivity contribution in [1.29, 1.82) is 0 Å². The average Bonchev–Trinajstić information content (AvgIpc) is 2.59. The lowest BCUT2D eigenvalue weighted by Crippen LogP contribution is -2.55. The van der Waals surface area contributed by atoms with E-state index in [0.717, 1.165) is 5.56 Å². The number of nitrogens with zero attached hydrogens (tertiary/aromatic N) is 1. The molecule has 6 heteroatoms. The largest absolute Gasteiger partial charge is 0.469 e. The number of likely N-dealkylation sites (tertiary alicyclic amines) is 1. The fourth-order valence-electron chi connectivity index (χ4n) is 3.82. The second kappa shape index (κ2) is 7.21. The van der Waals surface area contributed by atoms with Gasteiger partial charge in [0.05, 0.1) is 19.1 Å². The molecule has 130 valence electrons. The van der Waals surface area contributed by atoms with Crippen LogP contribution in [-0.4, -0.2) is 48.4 Å². The summed E-state index contributed by atoms with van der Waals surface area (Å²) in [7, 11) is 1.39. The number of carbonyl (C=O) groups excluding carboxylic acids is 2. The number of esters is 1. The molecule has 2 fully saturated rings. The third-order valence-electron chi connectivity index (χ3n) is 5.05.